The van der Waals surface area contributed by atoms with Crippen molar-refractivity contribution in [1.82, 2.24) is 0 Å². The van der Waals surface area contributed by atoms with Gasteiger partial charge in [-0.1, -0.05) is 43.4 Å². The van der Waals surface area contributed by atoms with Crippen LogP contribution >= 0.6 is 0 Å². The Morgan fingerprint density at radius 1 is 1.17 bits per heavy atom. The maximum absolute atomic E-state index is 5.63. The van der Waals surface area contributed by atoms with Crippen molar-refractivity contribution in [3.63, 3.8) is 0 Å². The summed E-state index contributed by atoms with van der Waals surface area (Å²) in [6, 6.07) is 9.63. The molecular weight excluding hydrogens is 162 g/mol. The van der Waals surface area contributed by atoms with Crippen LogP contribution < -0.4 is 10.9 Å². The molecule has 0 unspecified atom stereocenters. The molecule has 1 aromatic rings. The fourth-order valence-corrected chi connectivity index (χ4v) is 2.62. The summed E-state index contributed by atoms with van der Waals surface area (Å²) in [7, 11) is -1.13. The summed E-state index contributed by atoms with van der Waals surface area (Å²) in [6.45, 7) is 7.04. The molecule has 2 heteroatoms. The van der Waals surface area contributed by atoms with E-state index in [1.54, 1.807) is 0 Å². The zero-order chi connectivity index (χ0) is 9.19. The maximum atomic E-state index is 5.63. The lowest BCUT2D eigenvalue weighted by Gasteiger charge is -2.20. The standard InChI is InChI=1S/C10H17NSi/c1-4-12(2,3)10-7-5-9(11)6-8-10/h5-8H,4,11H2,1-3H3. The van der Waals surface area contributed by atoms with Crippen LogP contribution in [0.1, 0.15) is 6.92 Å². The van der Waals surface area contributed by atoms with Crippen LogP contribution in [0.2, 0.25) is 19.1 Å². The normalized spacial score (nSPS) is 11.6. The Hall–Kier alpha value is -0.763. The van der Waals surface area contributed by atoms with Gasteiger partial charge in [-0.3, -0.25) is 0 Å². The number of rotatable bonds is 2. The summed E-state index contributed by atoms with van der Waals surface area (Å²) in [5.41, 5.74) is 6.49. The van der Waals surface area contributed by atoms with E-state index in [4.69, 9.17) is 5.73 Å². The van der Waals surface area contributed by atoms with Crippen molar-refractivity contribution in [3.05, 3.63) is 24.3 Å². The topological polar surface area (TPSA) is 26.0 Å². The van der Waals surface area contributed by atoms with Gasteiger partial charge in [0.05, 0.1) is 8.07 Å². The highest BCUT2D eigenvalue weighted by molar-refractivity contribution is 6.89. The average Bonchev–Trinajstić information content (AvgIpc) is 2.05. The van der Waals surface area contributed by atoms with Crippen LogP contribution in [0.3, 0.4) is 0 Å². The lowest BCUT2D eigenvalue weighted by molar-refractivity contribution is 1.37. The average molecular weight is 179 g/mol. The highest BCUT2D eigenvalue weighted by Crippen LogP contribution is 2.09. The van der Waals surface area contributed by atoms with Crippen molar-refractivity contribution in [1.29, 1.82) is 0 Å². The van der Waals surface area contributed by atoms with Gasteiger partial charge >= 0.3 is 0 Å². The van der Waals surface area contributed by atoms with Gasteiger partial charge in [0.15, 0.2) is 0 Å². The number of hydrogen-bond donors (Lipinski definition) is 1. The minimum absolute atomic E-state index is 0.861. The van der Waals surface area contributed by atoms with E-state index in [0.717, 1.165) is 5.69 Å². The molecule has 1 nitrogen and oxygen atoms in total. The molecule has 1 aromatic carbocycles. The van der Waals surface area contributed by atoms with Crippen molar-refractivity contribution in [2.45, 2.75) is 26.1 Å². The fourth-order valence-electron chi connectivity index (χ4n) is 1.14. The number of hydrogen-bond acceptors (Lipinski definition) is 1. The number of anilines is 1. The highest BCUT2D eigenvalue weighted by Gasteiger charge is 2.19. The van der Waals surface area contributed by atoms with Crippen LogP contribution in [-0.4, -0.2) is 8.07 Å². The second-order valence-electron chi connectivity index (χ2n) is 3.86. The summed E-state index contributed by atoms with van der Waals surface area (Å²) in [4.78, 5) is 0. The number of nitrogens with two attached hydrogens (primary N) is 1. The molecule has 1 rings (SSSR count). The first-order chi connectivity index (χ1) is 5.56. The second-order valence-corrected chi connectivity index (χ2v) is 8.91. The van der Waals surface area contributed by atoms with Gasteiger partial charge < -0.3 is 5.73 Å². The third kappa shape index (κ3) is 1.88. The second kappa shape index (κ2) is 3.31. The largest absolute Gasteiger partial charge is 0.399 e. The Morgan fingerprint density at radius 3 is 2.08 bits per heavy atom. The van der Waals surface area contributed by atoms with E-state index in [0.29, 0.717) is 0 Å². The fraction of sp³-hybridized carbons (Fsp3) is 0.400. The van der Waals surface area contributed by atoms with Gasteiger partial charge in [-0.05, 0) is 12.1 Å². The molecule has 0 fully saturated rings. The van der Waals surface area contributed by atoms with Crippen LogP contribution in [0.5, 0.6) is 0 Å². The smallest absolute Gasteiger partial charge is 0.0803 e. The Kier molecular flexibility index (Phi) is 2.57. The van der Waals surface area contributed by atoms with Crippen LogP contribution in [-0.2, 0) is 0 Å². The molecule has 0 aliphatic rings. The molecule has 0 atom stereocenters. The molecule has 0 saturated heterocycles. The van der Waals surface area contributed by atoms with E-state index in [1.165, 1.54) is 11.2 Å². The summed E-state index contributed by atoms with van der Waals surface area (Å²) >= 11 is 0. The zero-order valence-corrected chi connectivity index (χ0v) is 9.09. The molecule has 0 aliphatic carbocycles. The summed E-state index contributed by atoms with van der Waals surface area (Å²) in [6.07, 6.45) is 0. The van der Waals surface area contributed by atoms with Crippen LogP contribution in [0, 0.1) is 0 Å². The molecular formula is C10H17NSi. The minimum Gasteiger partial charge on any atom is -0.399 e. The minimum atomic E-state index is -1.13. The van der Waals surface area contributed by atoms with Crippen LogP contribution in [0.25, 0.3) is 0 Å². The Balaban J connectivity index is 2.96. The quantitative estimate of drug-likeness (QED) is 0.546. The van der Waals surface area contributed by atoms with Gasteiger partial charge in [-0.15, -0.1) is 0 Å². The van der Waals surface area contributed by atoms with Crippen LogP contribution in [0.15, 0.2) is 24.3 Å². The number of benzene rings is 1. The molecule has 12 heavy (non-hydrogen) atoms. The van der Waals surface area contributed by atoms with E-state index >= 15 is 0 Å². The molecule has 0 saturated carbocycles. The van der Waals surface area contributed by atoms with Crippen molar-refractivity contribution in [3.8, 4) is 0 Å². The lowest BCUT2D eigenvalue weighted by atomic mass is 10.3. The van der Waals surface area contributed by atoms with E-state index in [2.05, 4.69) is 32.2 Å². The van der Waals surface area contributed by atoms with E-state index in [9.17, 15) is 0 Å². The Morgan fingerprint density at radius 2 is 1.67 bits per heavy atom. The summed E-state index contributed by atoms with van der Waals surface area (Å²) in [5.74, 6) is 0. The third-order valence-electron chi connectivity index (χ3n) is 2.58. The SMILES string of the molecule is CC[Si](C)(C)c1ccc(N)cc1. The van der Waals surface area contributed by atoms with Crippen molar-refractivity contribution in [2.24, 2.45) is 0 Å². The first kappa shape index (κ1) is 9.33. The molecule has 0 bridgehead atoms. The van der Waals surface area contributed by atoms with Crippen molar-refractivity contribution in [2.75, 3.05) is 5.73 Å². The van der Waals surface area contributed by atoms with Gasteiger partial charge in [0.25, 0.3) is 0 Å². The van der Waals surface area contributed by atoms with Gasteiger partial charge in [0.2, 0.25) is 0 Å². The van der Waals surface area contributed by atoms with Gasteiger partial charge in [0.1, 0.15) is 0 Å². The van der Waals surface area contributed by atoms with E-state index in [1.807, 2.05) is 12.1 Å². The van der Waals surface area contributed by atoms with Crippen molar-refractivity contribution >= 4 is 18.9 Å². The molecule has 0 aliphatic heterocycles. The van der Waals surface area contributed by atoms with Gasteiger partial charge in [0, 0.05) is 5.69 Å². The van der Waals surface area contributed by atoms with Gasteiger partial charge in [-0.2, -0.15) is 0 Å². The molecule has 66 valence electrons. The predicted molar refractivity (Wildman–Crippen MR) is 58.5 cm³/mol. The van der Waals surface area contributed by atoms with Crippen molar-refractivity contribution < 1.29 is 0 Å². The highest BCUT2D eigenvalue weighted by atomic mass is 28.3. The van der Waals surface area contributed by atoms with Crippen LogP contribution in [0.4, 0.5) is 5.69 Å². The Labute approximate surface area is 75.6 Å². The molecule has 0 amide bonds. The monoisotopic (exact) mass is 179 g/mol. The molecule has 0 heterocycles. The maximum Gasteiger partial charge on any atom is 0.0803 e. The molecule has 0 radical (unpaired) electrons. The molecule has 0 spiro atoms. The summed E-state index contributed by atoms with van der Waals surface area (Å²) < 4.78 is 0. The van der Waals surface area contributed by atoms with E-state index < -0.39 is 8.07 Å². The first-order valence-electron chi connectivity index (χ1n) is 4.42. The van der Waals surface area contributed by atoms with E-state index in [-0.39, 0.29) is 0 Å². The zero-order valence-electron chi connectivity index (χ0n) is 8.09. The summed E-state index contributed by atoms with van der Waals surface area (Å²) in [5, 5.41) is 1.50. The molecule has 0 aromatic heterocycles. The van der Waals surface area contributed by atoms with Gasteiger partial charge in [-0.25, -0.2) is 0 Å². The third-order valence-corrected chi connectivity index (χ3v) is 6.24. The number of nitrogen functional groups attached to an aromatic ring is 1. The predicted octanol–water partition coefficient (Wildman–Crippen LogP) is 2.20. The Bertz CT molecular complexity index is 251. The first-order valence-corrected chi connectivity index (χ1v) is 7.63. The molecule has 2 N–H and O–H groups in total. The lowest BCUT2D eigenvalue weighted by Crippen LogP contribution is -2.40.